The van der Waals surface area contributed by atoms with E-state index in [-0.39, 0.29) is 6.61 Å². The number of fused-ring (bicyclic) bond motifs is 1. The minimum Gasteiger partial charge on any atom is -0.383 e. The molecule has 0 radical (unpaired) electrons. The highest BCUT2D eigenvalue weighted by Gasteiger charge is 2.04. The van der Waals surface area contributed by atoms with Crippen molar-refractivity contribution in [1.29, 1.82) is 0 Å². The number of imidazole rings is 1. The monoisotopic (exact) mass is 295 g/mol. The van der Waals surface area contributed by atoms with E-state index in [4.69, 9.17) is 11.3 Å². The smallest absolute Gasteiger partial charge is 0.177 e. The van der Waals surface area contributed by atoms with Crippen LogP contribution in [-0.2, 0) is 11.4 Å². The second-order valence-corrected chi connectivity index (χ2v) is 5.11. The predicted octanol–water partition coefficient (Wildman–Crippen LogP) is 3.71. The number of hydrogen-bond acceptors (Lipinski definition) is 3. The SMILES string of the molecule is C#CCO/N=C\CC/C(C)=C/Cn1c(C)nc2ccccc21. The molecule has 0 bridgehead atoms. The van der Waals surface area contributed by atoms with Gasteiger partial charge in [-0.1, -0.05) is 34.9 Å². The summed E-state index contributed by atoms with van der Waals surface area (Å²) in [5.74, 6) is 3.40. The quantitative estimate of drug-likeness (QED) is 0.257. The summed E-state index contributed by atoms with van der Waals surface area (Å²) in [4.78, 5) is 9.42. The van der Waals surface area contributed by atoms with Crippen LogP contribution in [0.15, 0.2) is 41.1 Å². The molecular formula is C18H21N3O. The standard InChI is InChI=1S/C18H21N3O/c1-4-14-22-19-12-7-8-15(2)11-13-21-16(3)20-17-9-5-6-10-18(17)21/h1,5-6,9-12H,7-8,13-14H2,2-3H3/b15-11+,19-12-. The van der Waals surface area contributed by atoms with Gasteiger partial charge in [0.2, 0.25) is 0 Å². The number of benzene rings is 1. The van der Waals surface area contributed by atoms with Crippen molar-refractivity contribution in [3.05, 3.63) is 41.7 Å². The number of terminal acetylenes is 1. The Morgan fingerprint density at radius 2 is 2.27 bits per heavy atom. The van der Waals surface area contributed by atoms with Crippen LogP contribution in [0.25, 0.3) is 11.0 Å². The van der Waals surface area contributed by atoms with Crippen LogP contribution in [0.4, 0.5) is 0 Å². The first-order chi connectivity index (χ1) is 10.7. The van der Waals surface area contributed by atoms with E-state index in [1.807, 2.05) is 25.1 Å². The number of aryl methyl sites for hydroxylation is 1. The summed E-state index contributed by atoms with van der Waals surface area (Å²) < 4.78 is 2.23. The Labute approximate surface area is 131 Å². The largest absolute Gasteiger partial charge is 0.383 e. The second-order valence-electron chi connectivity index (χ2n) is 5.11. The van der Waals surface area contributed by atoms with E-state index in [9.17, 15) is 0 Å². The molecule has 1 heterocycles. The van der Waals surface area contributed by atoms with Crippen LogP contribution in [0.2, 0.25) is 0 Å². The van der Waals surface area contributed by atoms with E-state index >= 15 is 0 Å². The van der Waals surface area contributed by atoms with Crippen LogP contribution in [0.1, 0.15) is 25.6 Å². The summed E-state index contributed by atoms with van der Waals surface area (Å²) in [5.41, 5.74) is 3.54. The molecule has 0 saturated carbocycles. The maximum absolute atomic E-state index is 5.06. The Hall–Kier alpha value is -2.54. The lowest BCUT2D eigenvalue weighted by atomic mass is 10.1. The second kappa shape index (κ2) is 8.04. The van der Waals surface area contributed by atoms with E-state index in [0.29, 0.717) is 0 Å². The van der Waals surface area contributed by atoms with Crippen molar-refractivity contribution >= 4 is 17.2 Å². The maximum atomic E-state index is 5.06. The van der Waals surface area contributed by atoms with E-state index in [1.54, 1.807) is 6.21 Å². The fourth-order valence-electron chi connectivity index (χ4n) is 2.25. The number of allylic oxidation sites excluding steroid dienone is 2. The molecule has 0 unspecified atom stereocenters. The first-order valence-corrected chi connectivity index (χ1v) is 7.37. The average Bonchev–Trinajstić information content (AvgIpc) is 2.84. The highest BCUT2D eigenvalue weighted by molar-refractivity contribution is 5.75. The van der Waals surface area contributed by atoms with Gasteiger partial charge in [0.25, 0.3) is 0 Å². The molecule has 0 fully saturated rings. The molecular weight excluding hydrogens is 274 g/mol. The average molecular weight is 295 g/mol. The molecule has 0 aliphatic heterocycles. The van der Waals surface area contributed by atoms with Crippen molar-refractivity contribution in [3.63, 3.8) is 0 Å². The van der Waals surface area contributed by atoms with Gasteiger partial charge >= 0.3 is 0 Å². The third kappa shape index (κ3) is 4.23. The summed E-state index contributed by atoms with van der Waals surface area (Å²) in [6.45, 7) is 5.23. The van der Waals surface area contributed by atoms with Gasteiger partial charge in [0.15, 0.2) is 6.61 Å². The number of hydrogen-bond donors (Lipinski definition) is 0. The lowest BCUT2D eigenvalue weighted by Crippen LogP contribution is -1.98. The molecule has 0 N–H and O–H groups in total. The third-order valence-corrected chi connectivity index (χ3v) is 3.43. The molecule has 4 heteroatoms. The normalized spacial score (nSPS) is 12.0. The van der Waals surface area contributed by atoms with Gasteiger partial charge in [0, 0.05) is 12.8 Å². The molecule has 1 aromatic heterocycles. The summed E-state index contributed by atoms with van der Waals surface area (Å²) in [6, 6.07) is 8.21. The van der Waals surface area contributed by atoms with E-state index in [0.717, 1.165) is 30.7 Å². The van der Waals surface area contributed by atoms with Gasteiger partial charge < -0.3 is 9.40 Å². The van der Waals surface area contributed by atoms with Crippen LogP contribution < -0.4 is 0 Å². The van der Waals surface area contributed by atoms with Crippen LogP contribution in [-0.4, -0.2) is 22.4 Å². The summed E-state index contributed by atoms with van der Waals surface area (Å²) in [6.07, 6.45) is 10.9. The first kappa shape index (κ1) is 15.8. The highest BCUT2D eigenvalue weighted by atomic mass is 16.6. The van der Waals surface area contributed by atoms with Gasteiger partial charge in [-0.2, -0.15) is 0 Å². The molecule has 22 heavy (non-hydrogen) atoms. The summed E-state index contributed by atoms with van der Waals surface area (Å²) >= 11 is 0. The minimum absolute atomic E-state index is 0.221. The van der Waals surface area contributed by atoms with Gasteiger partial charge in [-0.3, -0.25) is 0 Å². The van der Waals surface area contributed by atoms with Gasteiger partial charge in [0.05, 0.1) is 11.0 Å². The molecule has 0 spiro atoms. The summed E-state index contributed by atoms with van der Waals surface area (Å²) in [7, 11) is 0. The molecule has 0 amide bonds. The minimum atomic E-state index is 0.221. The number of oxime groups is 1. The zero-order chi connectivity index (χ0) is 15.8. The van der Waals surface area contributed by atoms with E-state index in [1.165, 1.54) is 11.1 Å². The maximum Gasteiger partial charge on any atom is 0.177 e. The zero-order valence-corrected chi connectivity index (χ0v) is 13.1. The highest BCUT2D eigenvalue weighted by Crippen LogP contribution is 2.16. The van der Waals surface area contributed by atoms with Crippen LogP contribution in [0.3, 0.4) is 0 Å². The Kier molecular flexibility index (Phi) is 5.79. The van der Waals surface area contributed by atoms with Crippen LogP contribution in [0, 0.1) is 19.3 Å². The van der Waals surface area contributed by atoms with Crippen LogP contribution in [0.5, 0.6) is 0 Å². The topological polar surface area (TPSA) is 39.4 Å². The van der Waals surface area contributed by atoms with Crippen molar-refractivity contribution in [3.8, 4) is 12.3 Å². The lowest BCUT2D eigenvalue weighted by molar-refractivity contribution is 0.181. The molecule has 4 nitrogen and oxygen atoms in total. The van der Waals surface area contributed by atoms with Crippen molar-refractivity contribution in [1.82, 2.24) is 9.55 Å². The summed E-state index contributed by atoms with van der Waals surface area (Å²) in [5, 5.41) is 3.79. The molecule has 0 saturated heterocycles. The van der Waals surface area contributed by atoms with E-state index in [2.05, 4.69) is 39.7 Å². The molecule has 2 rings (SSSR count). The van der Waals surface area contributed by atoms with E-state index < -0.39 is 0 Å². The molecule has 2 aromatic rings. The van der Waals surface area contributed by atoms with Crippen LogP contribution >= 0.6 is 0 Å². The lowest BCUT2D eigenvalue weighted by Gasteiger charge is -2.04. The van der Waals surface area contributed by atoms with Crippen molar-refractivity contribution in [2.45, 2.75) is 33.2 Å². The molecule has 0 aliphatic carbocycles. The number of para-hydroxylation sites is 2. The molecule has 0 atom stereocenters. The van der Waals surface area contributed by atoms with Crippen molar-refractivity contribution < 1.29 is 4.84 Å². The van der Waals surface area contributed by atoms with Gasteiger partial charge in [-0.05, 0) is 38.8 Å². The Balaban J connectivity index is 1.91. The molecule has 114 valence electrons. The number of rotatable bonds is 7. The fraction of sp³-hybridized carbons (Fsp3) is 0.333. The fourth-order valence-corrected chi connectivity index (χ4v) is 2.25. The van der Waals surface area contributed by atoms with Gasteiger partial charge in [-0.15, -0.1) is 6.42 Å². The van der Waals surface area contributed by atoms with Crippen molar-refractivity contribution in [2.24, 2.45) is 5.16 Å². The molecule has 1 aromatic carbocycles. The van der Waals surface area contributed by atoms with Gasteiger partial charge in [0.1, 0.15) is 5.82 Å². The number of aromatic nitrogens is 2. The first-order valence-electron chi connectivity index (χ1n) is 7.37. The Morgan fingerprint density at radius 1 is 1.45 bits per heavy atom. The third-order valence-electron chi connectivity index (χ3n) is 3.43. The Bertz CT molecular complexity index is 719. The van der Waals surface area contributed by atoms with Crippen molar-refractivity contribution in [2.75, 3.05) is 6.61 Å². The predicted molar refractivity (Wildman–Crippen MR) is 90.7 cm³/mol. The van der Waals surface area contributed by atoms with Gasteiger partial charge in [-0.25, -0.2) is 4.98 Å². The Morgan fingerprint density at radius 3 is 3.09 bits per heavy atom. The zero-order valence-electron chi connectivity index (χ0n) is 13.1. The number of nitrogens with zero attached hydrogens (tertiary/aromatic N) is 3. The molecule has 0 aliphatic rings.